The molecule has 3 heterocycles. The monoisotopic (exact) mass is 385 g/mol. The third-order valence-electron chi connectivity index (χ3n) is 5.15. The average Bonchev–Trinajstić information content (AvgIpc) is 2.75. The Labute approximate surface area is 170 Å². The largest absolute Gasteiger partial charge is 0.383 e. The molecule has 1 aliphatic rings. The molecule has 1 aromatic carbocycles. The fraction of sp³-hybridized carbons (Fsp3) is 0.261. The standard InChI is InChI=1S/C23H23N5O/c24-12-19-21(16-29-15-17-6-2-1-3-7-17)20-14-28(11-9-22(20)27-23(19)25)13-18-8-4-5-10-26-18/h1-8,10H,9,11,13-16H2,(H2,25,27). The first-order chi connectivity index (χ1) is 14.2. The number of fused-ring (bicyclic) bond motifs is 1. The highest BCUT2D eigenvalue weighted by Crippen LogP contribution is 2.28. The minimum absolute atomic E-state index is 0.294. The van der Waals surface area contributed by atoms with Crippen LogP contribution in [0, 0.1) is 11.3 Å². The molecule has 0 saturated heterocycles. The molecule has 0 fully saturated rings. The lowest BCUT2D eigenvalue weighted by atomic mass is 9.96. The van der Waals surface area contributed by atoms with E-state index in [-0.39, 0.29) is 0 Å². The number of benzene rings is 1. The SMILES string of the molecule is N#Cc1c(N)nc2c(c1COCc1ccccc1)CN(Cc1ccccn1)CC2. The number of aromatic nitrogens is 2. The Balaban J connectivity index is 1.55. The number of nitriles is 1. The number of nitrogen functional groups attached to an aromatic ring is 1. The smallest absolute Gasteiger partial charge is 0.142 e. The summed E-state index contributed by atoms with van der Waals surface area (Å²) in [4.78, 5) is 11.3. The molecule has 0 unspecified atom stereocenters. The number of nitrogens with zero attached hydrogens (tertiary/aromatic N) is 4. The zero-order valence-electron chi connectivity index (χ0n) is 16.2. The second-order valence-corrected chi connectivity index (χ2v) is 7.15. The second kappa shape index (κ2) is 8.82. The maximum atomic E-state index is 9.67. The summed E-state index contributed by atoms with van der Waals surface area (Å²) in [5, 5.41) is 9.67. The lowest BCUT2D eigenvalue weighted by molar-refractivity contribution is 0.105. The molecular weight excluding hydrogens is 362 g/mol. The van der Waals surface area contributed by atoms with Crippen LogP contribution >= 0.6 is 0 Å². The zero-order chi connectivity index (χ0) is 20.1. The fourth-order valence-corrected chi connectivity index (χ4v) is 3.69. The minimum Gasteiger partial charge on any atom is -0.383 e. The van der Waals surface area contributed by atoms with Crippen LogP contribution in [0.2, 0.25) is 0 Å². The van der Waals surface area contributed by atoms with Crippen LogP contribution in [-0.4, -0.2) is 21.4 Å². The van der Waals surface area contributed by atoms with Gasteiger partial charge in [-0.1, -0.05) is 36.4 Å². The van der Waals surface area contributed by atoms with Crippen LogP contribution in [0.3, 0.4) is 0 Å². The van der Waals surface area contributed by atoms with Crippen molar-refractivity contribution in [1.29, 1.82) is 5.26 Å². The Hall–Kier alpha value is -3.27. The van der Waals surface area contributed by atoms with Gasteiger partial charge in [0.05, 0.1) is 24.5 Å². The Morgan fingerprint density at radius 1 is 1.10 bits per heavy atom. The summed E-state index contributed by atoms with van der Waals surface area (Å²) >= 11 is 0. The van der Waals surface area contributed by atoms with Crippen LogP contribution in [-0.2, 0) is 37.5 Å². The van der Waals surface area contributed by atoms with Crippen molar-refractivity contribution in [3.63, 3.8) is 0 Å². The lowest BCUT2D eigenvalue weighted by Crippen LogP contribution is -2.32. The van der Waals surface area contributed by atoms with Crippen LogP contribution in [0.4, 0.5) is 5.82 Å². The van der Waals surface area contributed by atoms with E-state index in [1.165, 1.54) is 0 Å². The van der Waals surface area contributed by atoms with Gasteiger partial charge in [-0.2, -0.15) is 5.26 Å². The molecule has 4 rings (SSSR count). The molecule has 0 atom stereocenters. The van der Waals surface area contributed by atoms with Crippen molar-refractivity contribution in [3.05, 3.63) is 88.4 Å². The van der Waals surface area contributed by atoms with Gasteiger partial charge in [-0.15, -0.1) is 0 Å². The van der Waals surface area contributed by atoms with Crippen LogP contribution in [0.5, 0.6) is 0 Å². The summed E-state index contributed by atoms with van der Waals surface area (Å²) in [7, 11) is 0. The molecule has 6 nitrogen and oxygen atoms in total. The molecule has 29 heavy (non-hydrogen) atoms. The van der Waals surface area contributed by atoms with Gasteiger partial charge >= 0.3 is 0 Å². The van der Waals surface area contributed by atoms with E-state index < -0.39 is 0 Å². The molecule has 6 heteroatoms. The Morgan fingerprint density at radius 3 is 2.69 bits per heavy atom. The van der Waals surface area contributed by atoms with Gasteiger partial charge < -0.3 is 10.5 Å². The first kappa shape index (κ1) is 19.1. The third-order valence-corrected chi connectivity index (χ3v) is 5.15. The highest BCUT2D eigenvalue weighted by molar-refractivity contribution is 5.57. The van der Waals surface area contributed by atoms with Crippen molar-refractivity contribution >= 4 is 5.82 Å². The van der Waals surface area contributed by atoms with Crippen molar-refractivity contribution in [2.24, 2.45) is 0 Å². The van der Waals surface area contributed by atoms with Gasteiger partial charge in [-0.05, 0) is 23.3 Å². The molecule has 0 saturated carbocycles. The topological polar surface area (TPSA) is 88.1 Å². The van der Waals surface area contributed by atoms with E-state index in [4.69, 9.17) is 10.5 Å². The molecule has 1 aliphatic heterocycles. The van der Waals surface area contributed by atoms with Crippen molar-refractivity contribution in [2.45, 2.75) is 32.7 Å². The highest BCUT2D eigenvalue weighted by atomic mass is 16.5. The number of nitrogens with two attached hydrogens (primary N) is 1. The molecular formula is C23H23N5O. The molecule has 0 amide bonds. The highest BCUT2D eigenvalue weighted by Gasteiger charge is 2.24. The van der Waals surface area contributed by atoms with Gasteiger partial charge in [0.25, 0.3) is 0 Å². The van der Waals surface area contributed by atoms with E-state index in [1.807, 2.05) is 54.7 Å². The molecule has 2 N–H and O–H groups in total. The Morgan fingerprint density at radius 2 is 1.93 bits per heavy atom. The number of hydrogen-bond acceptors (Lipinski definition) is 6. The maximum Gasteiger partial charge on any atom is 0.142 e. The van der Waals surface area contributed by atoms with Crippen molar-refractivity contribution in [3.8, 4) is 6.07 Å². The zero-order valence-corrected chi connectivity index (χ0v) is 16.2. The molecule has 2 aromatic heterocycles. The average molecular weight is 385 g/mol. The van der Waals surface area contributed by atoms with Gasteiger partial charge in [-0.3, -0.25) is 9.88 Å². The minimum atomic E-state index is 0.294. The molecule has 3 aromatic rings. The number of ether oxygens (including phenoxy) is 1. The summed E-state index contributed by atoms with van der Waals surface area (Å²) in [5.74, 6) is 0.294. The van der Waals surface area contributed by atoms with E-state index in [9.17, 15) is 5.26 Å². The van der Waals surface area contributed by atoms with Crippen molar-refractivity contribution in [1.82, 2.24) is 14.9 Å². The lowest BCUT2D eigenvalue weighted by Gasteiger charge is -2.30. The first-order valence-electron chi connectivity index (χ1n) is 9.68. The summed E-state index contributed by atoms with van der Waals surface area (Å²) in [6.45, 7) is 3.17. The number of rotatable bonds is 6. The normalized spacial score (nSPS) is 13.6. The van der Waals surface area contributed by atoms with E-state index in [2.05, 4.69) is 20.9 Å². The van der Waals surface area contributed by atoms with Gasteiger partial charge in [0.1, 0.15) is 11.9 Å². The van der Waals surface area contributed by atoms with Gasteiger partial charge in [0.15, 0.2) is 0 Å². The number of hydrogen-bond donors (Lipinski definition) is 1. The molecule has 0 aliphatic carbocycles. The number of pyridine rings is 2. The van der Waals surface area contributed by atoms with E-state index >= 15 is 0 Å². The van der Waals surface area contributed by atoms with E-state index in [0.29, 0.717) is 31.1 Å². The Kier molecular flexibility index (Phi) is 5.80. The van der Waals surface area contributed by atoms with E-state index in [0.717, 1.165) is 47.6 Å². The van der Waals surface area contributed by atoms with Gasteiger partial charge in [0, 0.05) is 43.5 Å². The summed E-state index contributed by atoms with van der Waals surface area (Å²) in [6.07, 6.45) is 2.61. The predicted octanol–water partition coefficient (Wildman–Crippen LogP) is 3.21. The van der Waals surface area contributed by atoms with Crippen LogP contribution in [0.15, 0.2) is 54.7 Å². The van der Waals surface area contributed by atoms with E-state index in [1.54, 1.807) is 0 Å². The molecule has 0 spiro atoms. The van der Waals surface area contributed by atoms with Crippen molar-refractivity contribution in [2.75, 3.05) is 12.3 Å². The quantitative estimate of drug-likeness (QED) is 0.701. The summed E-state index contributed by atoms with van der Waals surface area (Å²) in [5.41, 5.74) is 11.5. The molecule has 0 bridgehead atoms. The van der Waals surface area contributed by atoms with Gasteiger partial charge in [0.2, 0.25) is 0 Å². The second-order valence-electron chi connectivity index (χ2n) is 7.15. The Bertz CT molecular complexity index is 1010. The van der Waals surface area contributed by atoms with Crippen LogP contribution < -0.4 is 5.73 Å². The van der Waals surface area contributed by atoms with Crippen LogP contribution in [0.25, 0.3) is 0 Å². The van der Waals surface area contributed by atoms with Crippen LogP contribution in [0.1, 0.15) is 33.6 Å². The van der Waals surface area contributed by atoms with Crippen molar-refractivity contribution < 1.29 is 4.74 Å². The fourth-order valence-electron chi connectivity index (χ4n) is 3.69. The molecule has 0 radical (unpaired) electrons. The first-order valence-corrected chi connectivity index (χ1v) is 9.68. The maximum absolute atomic E-state index is 9.67. The van der Waals surface area contributed by atoms with Gasteiger partial charge in [-0.25, -0.2) is 4.98 Å². The molecule has 146 valence electrons. The summed E-state index contributed by atoms with van der Waals surface area (Å²) in [6, 6.07) is 18.2. The third kappa shape index (κ3) is 4.43. The summed E-state index contributed by atoms with van der Waals surface area (Å²) < 4.78 is 5.96. The predicted molar refractivity (Wildman–Crippen MR) is 110 cm³/mol. The number of anilines is 1.